The van der Waals surface area contributed by atoms with Crippen LogP contribution in [0.3, 0.4) is 0 Å². The summed E-state index contributed by atoms with van der Waals surface area (Å²) in [6.45, 7) is 13.2. The van der Waals surface area contributed by atoms with Crippen LogP contribution in [0.25, 0.3) is 95.0 Å². The Morgan fingerprint density at radius 3 is 1.71 bits per heavy atom. The molecule has 72 heavy (non-hydrogen) atoms. The minimum absolute atomic E-state index is 0.213. The molecule has 10 aromatic rings. The van der Waals surface area contributed by atoms with Crippen molar-refractivity contribution >= 4 is 11.0 Å². The number of aromatic nitrogens is 3. The van der Waals surface area contributed by atoms with E-state index in [1.165, 1.54) is 5.56 Å². The van der Waals surface area contributed by atoms with Crippen LogP contribution < -0.4 is 0 Å². The Kier molecular flexibility index (Phi) is 12.0. The predicted molar refractivity (Wildman–Crippen MR) is 302 cm³/mol. The number of rotatable bonds is 9. The maximum absolute atomic E-state index is 12.8. The molecule has 4 nitrogen and oxygen atoms in total. The number of pyridine rings is 1. The molecule has 1 unspecified atom stereocenters. The summed E-state index contributed by atoms with van der Waals surface area (Å²) in [6, 6.07) is 69.3. The van der Waals surface area contributed by atoms with Gasteiger partial charge in [-0.1, -0.05) is 218 Å². The van der Waals surface area contributed by atoms with Gasteiger partial charge in [0.25, 0.3) is 0 Å². The fourth-order valence-corrected chi connectivity index (χ4v) is 10.3. The fourth-order valence-electron chi connectivity index (χ4n) is 10.3. The van der Waals surface area contributed by atoms with Crippen LogP contribution >= 0.6 is 0 Å². The number of imidazole rings is 1. The van der Waals surface area contributed by atoms with Crippen molar-refractivity contribution in [2.75, 3.05) is 0 Å². The van der Waals surface area contributed by atoms with Gasteiger partial charge in [-0.15, -0.1) is 0 Å². The minimum atomic E-state index is -0.354. The van der Waals surface area contributed by atoms with Gasteiger partial charge < -0.3 is 5.11 Å². The van der Waals surface area contributed by atoms with Crippen LogP contribution in [0.4, 0.5) is 0 Å². The number of para-hydroxylation sites is 2. The lowest BCUT2D eigenvalue weighted by molar-refractivity contribution is 0.446. The first kappa shape index (κ1) is 46.1. The molecule has 1 aliphatic carbocycles. The fraction of sp³-hybridized carbons (Fsp3) is 0.147. The molecule has 352 valence electrons. The highest BCUT2D eigenvalue weighted by Gasteiger charge is 2.30. The molecular formula is C68H59N3O. The van der Waals surface area contributed by atoms with Crippen molar-refractivity contribution in [2.24, 2.45) is 0 Å². The molecule has 0 saturated heterocycles. The first-order chi connectivity index (χ1) is 34.9. The van der Waals surface area contributed by atoms with Crippen LogP contribution in [-0.4, -0.2) is 19.6 Å². The van der Waals surface area contributed by atoms with E-state index in [0.717, 1.165) is 101 Å². The van der Waals surface area contributed by atoms with Crippen LogP contribution in [0.5, 0.6) is 5.75 Å². The zero-order valence-corrected chi connectivity index (χ0v) is 41.9. The highest BCUT2D eigenvalue weighted by atomic mass is 16.3. The van der Waals surface area contributed by atoms with E-state index >= 15 is 0 Å². The highest BCUT2D eigenvalue weighted by Crippen LogP contribution is 2.47. The first-order valence-electron chi connectivity index (χ1n) is 25.1. The third-order valence-corrected chi connectivity index (χ3v) is 14.2. The van der Waals surface area contributed by atoms with E-state index in [1.807, 2.05) is 6.20 Å². The molecule has 0 aliphatic heterocycles. The van der Waals surface area contributed by atoms with Crippen molar-refractivity contribution < 1.29 is 5.11 Å². The van der Waals surface area contributed by atoms with Gasteiger partial charge >= 0.3 is 0 Å². The van der Waals surface area contributed by atoms with Crippen molar-refractivity contribution in [3.05, 3.63) is 241 Å². The Labute approximate surface area is 424 Å². The van der Waals surface area contributed by atoms with E-state index in [9.17, 15) is 5.11 Å². The number of hydrogen-bond acceptors (Lipinski definition) is 3. The summed E-state index contributed by atoms with van der Waals surface area (Å²) in [5.41, 5.74) is 18.8. The molecule has 1 N–H and O–H groups in total. The van der Waals surface area contributed by atoms with Gasteiger partial charge in [-0.25, -0.2) is 4.98 Å². The quantitative estimate of drug-likeness (QED) is 0.157. The standard InChI is InChI=1S/C68H59N3O/c1-67(2,3)55-43-59(65(72)60(44-55)68(4,5)6)66-70-63-56(29-20-32-62(63)71(66)64-57(49-25-15-9-16-26-49)30-19-31-58(64)50-27-17-10-18-28-50)53-39-52(46-23-13-8-14-24-46)40-54(41-53)61-42-51(37-38-69-61)48-35-33-47(34-36-48)45-21-11-7-12-22-45/h7-21,23-45,72H,22H2,1-6H3. The lowest BCUT2D eigenvalue weighted by atomic mass is 9.79. The number of hydrogen-bond donors (Lipinski definition) is 1. The van der Waals surface area contributed by atoms with Crippen LogP contribution in [0, 0.1) is 0 Å². The Hall–Kier alpha value is -8.34. The number of benzene rings is 8. The summed E-state index contributed by atoms with van der Waals surface area (Å²) in [5.74, 6) is 1.31. The van der Waals surface area contributed by atoms with Crippen molar-refractivity contribution in [3.8, 4) is 89.7 Å². The summed E-state index contributed by atoms with van der Waals surface area (Å²) in [7, 11) is 0. The zero-order chi connectivity index (χ0) is 49.6. The van der Waals surface area contributed by atoms with Gasteiger partial charge in [-0.05, 0) is 110 Å². The van der Waals surface area contributed by atoms with Crippen molar-refractivity contribution in [3.63, 3.8) is 0 Å². The normalized spacial score (nSPS) is 13.7. The molecule has 0 bridgehead atoms. The number of aromatic hydroxyl groups is 1. The van der Waals surface area contributed by atoms with E-state index < -0.39 is 0 Å². The van der Waals surface area contributed by atoms with Gasteiger partial charge in [0.1, 0.15) is 11.6 Å². The van der Waals surface area contributed by atoms with E-state index in [1.54, 1.807) is 0 Å². The van der Waals surface area contributed by atoms with Gasteiger partial charge in [0.2, 0.25) is 0 Å². The first-order valence-corrected chi connectivity index (χ1v) is 25.1. The molecule has 0 fully saturated rings. The third kappa shape index (κ3) is 8.90. The lowest BCUT2D eigenvalue weighted by Crippen LogP contribution is -2.17. The molecule has 0 amide bonds. The van der Waals surface area contributed by atoms with E-state index in [2.05, 4.69) is 265 Å². The maximum atomic E-state index is 12.8. The molecule has 1 aliphatic rings. The van der Waals surface area contributed by atoms with Crippen LogP contribution in [0.2, 0.25) is 0 Å². The molecular weight excluding hydrogens is 875 g/mol. The molecule has 1 atom stereocenters. The molecule has 0 radical (unpaired) electrons. The van der Waals surface area contributed by atoms with Crippen LogP contribution in [0.1, 0.15) is 70.6 Å². The second-order valence-corrected chi connectivity index (χ2v) is 21.2. The van der Waals surface area contributed by atoms with Gasteiger partial charge in [0, 0.05) is 39.9 Å². The van der Waals surface area contributed by atoms with Crippen molar-refractivity contribution in [1.29, 1.82) is 0 Å². The second-order valence-electron chi connectivity index (χ2n) is 21.2. The summed E-state index contributed by atoms with van der Waals surface area (Å²) in [6.07, 6.45) is 11.7. The molecule has 4 heteroatoms. The SMILES string of the molecule is CC(C)(C)c1cc(-c2nc3c(-c4cc(-c5ccccc5)cc(-c5cc(-c6ccc(C7C=CC=CC7)cc6)ccn5)c4)cccc3n2-c2c(-c3ccccc3)cccc2-c2ccccc2)c(O)c(C(C)(C)C)c1. The second kappa shape index (κ2) is 18.8. The average molecular weight is 934 g/mol. The lowest BCUT2D eigenvalue weighted by Gasteiger charge is -2.28. The van der Waals surface area contributed by atoms with E-state index in [-0.39, 0.29) is 16.6 Å². The largest absolute Gasteiger partial charge is 0.507 e. The van der Waals surface area contributed by atoms with E-state index in [4.69, 9.17) is 9.97 Å². The molecule has 2 heterocycles. The van der Waals surface area contributed by atoms with Crippen molar-refractivity contribution in [1.82, 2.24) is 14.5 Å². The summed E-state index contributed by atoms with van der Waals surface area (Å²) >= 11 is 0. The van der Waals surface area contributed by atoms with E-state index in [0.29, 0.717) is 17.3 Å². The smallest absolute Gasteiger partial charge is 0.149 e. The number of allylic oxidation sites excluding steroid dienone is 4. The molecule has 0 spiro atoms. The Morgan fingerprint density at radius 2 is 1.08 bits per heavy atom. The summed E-state index contributed by atoms with van der Waals surface area (Å²) in [4.78, 5) is 10.8. The van der Waals surface area contributed by atoms with Gasteiger partial charge in [0.05, 0.1) is 28.0 Å². The molecule has 11 rings (SSSR count). The maximum Gasteiger partial charge on any atom is 0.149 e. The molecule has 2 aromatic heterocycles. The Balaban J connectivity index is 1.18. The number of fused-ring (bicyclic) bond motifs is 1. The Bertz CT molecular complexity index is 3600. The van der Waals surface area contributed by atoms with Crippen molar-refractivity contribution in [2.45, 2.75) is 64.7 Å². The molecule has 0 saturated carbocycles. The van der Waals surface area contributed by atoms with Gasteiger partial charge in [0.15, 0.2) is 0 Å². The minimum Gasteiger partial charge on any atom is -0.507 e. The average Bonchev–Trinajstić information content (AvgIpc) is 3.80. The predicted octanol–water partition coefficient (Wildman–Crippen LogP) is 18.0. The number of nitrogens with zero attached hydrogens (tertiary/aromatic N) is 3. The van der Waals surface area contributed by atoms with Crippen LogP contribution in [-0.2, 0) is 10.8 Å². The van der Waals surface area contributed by atoms with Gasteiger partial charge in [-0.2, -0.15) is 0 Å². The van der Waals surface area contributed by atoms with Gasteiger partial charge in [-0.3, -0.25) is 9.55 Å². The Morgan fingerprint density at radius 1 is 0.486 bits per heavy atom. The van der Waals surface area contributed by atoms with Crippen LogP contribution in [0.15, 0.2) is 225 Å². The highest BCUT2D eigenvalue weighted by molar-refractivity contribution is 6.00. The third-order valence-electron chi connectivity index (χ3n) is 14.2. The summed E-state index contributed by atoms with van der Waals surface area (Å²) in [5, 5.41) is 12.8. The number of phenolic OH excluding ortho intramolecular Hbond substituents is 1. The summed E-state index contributed by atoms with van der Waals surface area (Å²) < 4.78 is 2.32. The monoisotopic (exact) mass is 933 g/mol. The molecule has 8 aromatic carbocycles. The zero-order valence-electron chi connectivity index (χ0n) is 41.9. The number of phenols is 1. The topological polar surface area (TPSA) is 50.9 Å².